The third-order valence-corrected chi connectivity index (χ3v) is 4.59. The van der Waals surface area contributed by atoms with E-state index in [1.54, 1.807) is 0 Å². The van der Waals surface area contributed by atoms with Gasteiger partial charge in [-0.2, -0.15) is 0 Å². The lowest BCUT2D eigenvalue weighted by atomic mass is 10.1. The van der Waals surface area contributed by atoms with Crippen molar-refractivity contribution in [3.8, 4) is 5.75 Å². The molecule has 1 aromatic heterocycles. The van der Waals surface area contributed by atoms with Crippen LogP contribution in [0, 0.1) is 17.5 Å². The molecule has 3 aromatic carbocycles. The average Bonchev–Trinajstić information content (AvgIpc) is 3.15. The minimum Gasteiger partial charge on any atom is -0.492 e. The summed E-state index contributed by atoms with van der Waals surface area (Å²) in [5, 5.41) is 5.56. The van der Waals surface area contributed by atoms with Crippen LogP contribution in [0.1, 0.15) is 20.9 Å². The molecule has 0 aliphatic rings. The van der Waals surface area contributed by atoms with Crippen LogP contribution in [-0.4, -0.2) is 18.9 Å². The summed E-state index contributed by atoms with van der Waals surface area (Å²) in [6.45, 7) is 0. The molecule has 0 aliphatic heterocycles. The van der Waals surface area contributed by atoms with Crippen molar-refractivity contribution in [1.29, 1.82) is 0 Å². The van der Waals surface area contributed by atoms with Crippen molar-refractivity contribution in [3.63, 3.8) is 0 Å². The summed E-state index contributed by atoms with van der Waals surface area (Å²) < 4.78 is 50.5. The first-order valence-electron chi connectivity index (χ1n) is 9.29. The molecular formula is C23H15F3N2O4. The molecule has 6 nitrogen and oxygen atoms in total. The molecule has 9 heteroatoms. The summed E-state index contributed by atoms with van der Waals surface area (Å²) >= 11 is 0. The van der Waals surface area contributed by atoms with Crippen LogP contribution in [-0.2, 0) is 0 Å². The zero-order valence-corrected chi connectivity index (χ0v) is 16.5. The van der Waals surface area contributed by atoms with Gasteiger partial charge in [-0.05, 0) is 60.7 Å². The molecular weight excluding hydrogens is 425 g/mol. The molecule has 2 N–H and O–H groups in total. The molecule has 1 heterocycles. The van der Waals surface area contributed by atoms with Crippen LogP contribution in [0.5, 0.6) is 5.75 Å². The first-order valence-corrected chi connectivity index (χ1v) is 9.29. The zero-order chi connectivity index (χ0) is 22.8. The summed E-state index contributed by atoms with van der Waals surface area (Å²) in [5.74, 6) is -3.89. The number of fused-ring (bicyclic) bond motifs is 1. The normalized spacial score (nSPS) is 10.8. The molecule has 2 amide bonds. The van der Waals surface area contributed by atoms with Gasteiger partial charge in [-0.15, -0.1) is 0 Å². The van der Waals surface area contributed by atoms with Crippen molar-refractivity contribution in [2.45, 2.75) is 0 Å². The van der Waals surface area contributed by atoms with E-state index in [2.05, 4.69) is 10.6 Å². The molecule has 162 valence electrons. The standard InChI is InChI=1S/C23H15F3N2O4/c1-31-20-16-11-15(28-22(29)12-2-8-17(25)18(26)10-12)7-9-19(16)32-21(20)23(30)27-14-5-3-13(24)4-6-14/h2-11H,1H3,(H,27,30)(H,28,29). The predicted molar refractivity (Wildman–Crippen MR) is 111 cm³/mol. The van der Waals surface area contributed by atoms with E-state index in [1.165, 1.54) is 49.6 Å². The fraction of sp³-hybridized carbons (Fsp3) is 0.0435. The maximum Gasteiger partial charge on any atom is 0.295 e. The molecule has 4 rings (SSSR count). The van der Waals surface area contributed by atoms with Crippen molar-refractivity contribution >= 4 is 34.2 Å². The lowest BCUT2D eigenvalue weighted by Crippen LogP contribution is -2.12. The maximum absolute atomic E-state index is 13.4. The number of anilines is 2. The van der Waals surface area contributed by atoms with Crippen molar-refractivity contribution in [1.82, 2.24) is 0 Å². The molecule has 4 aromatic rings. The van der Waals surface area contributed by atoms with Gasteiger partial charge in [-0.25, -0.2) is 13.2 Å². The molecule has 0 atom stereocenters. The van der Waals surface area contributed by atoms with Crippen LogP contribution in [0.2, 0.25) is 0 Å². The fourth-order valence-corrected chi connectivity index (χ4v) is 3.07. The van der Waals surface area contributed by atoms with Crippen LogP contribution in [0.25, 0.3) is 11.0 Å². The molecule has 0 fully saturated rings. The van der Waals surface area contributed by atoms with E-state index in [0.717, 1.165) is 18.2 Å². The molecule has 0 radical (unpaired) electrons. The van der Waals surface area contributed by atoms with Gasteiger partial charge in [0.2, 0.25) is 5.76 Å². The van der Waals surface area contributed by atoms with Gasteiger partial charge in [0, 0.05) is 16.9 Å². The first kappa shape index (κ1) is 21.0. The van der Waals surface area contributed by atoms with E-state index >= 15 is 0 Å². The lowest BCUT2D eigenvalue weighted by Gasteiger charge is -2.06. The monoisotopic (exact) mass is 440 g/mol. The van der Waals surface area contributed by atoms with Crippen molar-refractivity contribution in [2.75, 3.05) is 17.7 Å². The summed E-state index contributed by atoms with van der Waals surface area (Å²) in [6, 6.07) is 12.6. The van der Waals surface area contributed by atoms with Crippen LogP contribution in [0.4, 0.5) is 24.5 Å². The zero-order valence-electron chi connectivity index (χ0n) is 16.5. The Bertz CT molecular complexity index is 1330. The Hall–Kier alpha value is -4.27. The second kappa shape index (κ2) is 8.46. The molecule has 0 saturated heterocycles. The number of carbonyl (C=O) groups excluding carboxylic acids is 2. The highest BCUT2D eigenvalue weighted by Crippen LogP contribution is 2.35. The molecule has 0 aliphatic carbocycles. The Morgan fingerprint density at radius 2 is 1.50 bits per heavy atom. The number of carbonyl (C=O) groups is 2. The van der Waals surface area contributed by atoms with Gasteiger partial charge in [0.1, 0.15) is 11.4 Å². The molecule has 0 bridgehead atoms. The van der Waals surface area contributed by atoms with Gasteiger partial charge < -0.3 is 19.8 Å². The number of nitrogens with one attached hydrogen (secondary N) is 2. The first-order chi connectivity index (χ1) is 15.4. The van der Waals surface area contributed by atoms with Crippen molar-refractivity contribution < 1.29 is 31.9 Å². The van der Waals surface area contributed by atoms with Crippen molar-refractivity contribution in [2.24, 2.45) is 0 Å². The van der Waals surface area contributed by atoms with Crippen LogP contribution >= 0.6 is 0 Å². The Morgan fingerprint density at radius 3 is 2.19 bits per heavy atom. The highest BCUT2D eigenvalue weighted by atomic mass is 19.2. The number of benzene rings is 3. The number of ether oxygens (including phenoxy) is 1. The summed E-state index contributed by atoms with van der Waals surface area (Å²) in [7, 11) is 1.35. The van der Waals surface area contributed by atoms with Gasteiger partial charge in [0.25, 0.3) is 11.8 Å². The number of halogens is 3. The van der Waals surface area contributed by atoms with Crippen LogP contribution in [0.3, 0.4) is 0 Å². The Labute approximate surface area is 179 Å². The minimum atomic E-state index is -1.14. The largest absolute Gasteiger partial charge is 0.492 e. The lowest BCUT2D eigenvalue weighted by molar-refractivity contribution is 0.0992. The highest BCUT2D eigenvalue weighted by Gasteiger charge is 2.22. The van der Waals surface area contributed by atoms with Gasteiger partial charge in [0.15, 0.2) is 17.4 Å². The smallest absolute Gasteiger partial charge is 0.295 e. The summed E-state index contributed by atoms with van der Waals surface area (Å²) in [6.07, 6.45) is 0. The molecule has 0 spiro atoms. The summed E-state index contributed by atoms with van der Waals surface area (Å²) in [5.41, 5.74) is 0.926. The van der Waals surface area contributed by atoms with E-state index in [0.29, 0.717) is 22.3 Å². The SMILES string of the molecule is COc1c(C(=O)Nc2ccc(F)cc2)oc2ccc(NC(=O)c3ccc(F)c(F)c3)cc12. The van der Waals surface area contributed by atoms with Gasteiger partial charge in [-0.1, -0.05) is 0 Å². The average molecular weight is 440 g/mol. The second-order valence-electron chi connectivity index (χ2n) is 6.72. The topological polar surface area (TPSA) is 80.6 Å². The molecule has 32 heavy (non-hydrogen) atoms. The highest BCUT2D eigenvalue weighted by molar-refractivity contribution is 6.09. The molecule has 0 saturated carbocycles. The van der Waals surface area contributed by atoms with Gasteiger partial charge in [0.05, 0.1) is 12.5 Å². The number of rotatable bonds is 5. The Morgan fingerprint density at radius 1 is 0.812 bits per heavy atom. The van der Waals surface area contributed by atoms with Gasteiger partial charge in [-0.3, -0.25) is 9.59 Å². The number of furan rings is 1. The Balaban J connectivity index is 1.61. The second-order valence-corrected chi connectivity index (χ2v) is 6.72. The van der Waals surface area contributed by atoms with Gasteiger partial charge >= 0.3 is 0 Å². The quantitative estimate of drug-likeness (QED) is 0.438. The van der Waals surface area contributed by atoms with Crippen LogP contribution < -0.4 is 15.4 Å². The van der Waals surface area contributed by atoms with Crippen LogP contribution in [0.15, 0.2) is 65.1 Å². The number of hydrogen-bond donors (Lipinski definition) is 2. The fourth-order valence-electron chi connectivity index (χ4n) is 3.07. The predicted octanol–water partition coefficient (Wildman–Crippen LogP) is 5.36. The third kappa shape index (κ3) is 4.13. The molecule has 0 unspecified atom stereocenters. The maximum atomic E-state index is 13.4. The van der Waals surface area contributed by atoms with Crippen molar-refractivity contribution in [3.05, 3.63) is 89.4 Å². The minimum absolute atomic E-state index is 0.0671. The van der Waals surface area contributed by atoms with E-state index < -0.39 is 29.3 Å². The van der Waals surface area contributed by atoms with E-state index in [1.807, 2.05) is 0 Å². The number of amides is 2. The summed E-state index contributed by atoms with van der Waals surface area (Å²) in [4.78, 5) is 25.0. The Kier molecular flexibility index (Phi) is 5.55. The third-order valence-electron chi connectivity index (χ3n) is 4.59. The van der Waals surface area contributed by atoms with E-state index in [4.69, 9.17) is 9.15 Å². The number of hydrogen-bond acceptors (Lipinski definition) is 4. The number of methoxy groups -OCH3 is 1. The van der Waals surface area contributed by atoms with E-state index in [9.17, 15) is 22.8 Å². The van der Waals surface area contributed by atoms with E-state index in [-0.39, 0.29) is 17.1 Å².